The molecule has 1 N–H and O–H groups in total. The van der Waals surface area contributed by atoms with E-state index in [1.807, 2.05) is 4.68 Å². The highest BCUT2D eigenvalue weighted by molar-refractivity contribution is 6.01. The number of alkyl halides is 2. The highest BCUT2D eigenvalue weighted by Crippen LogP contribution is 2.33. The normalized spacial score (nSPS) is 14.8. The third kappa shape index (κ3) is 4.64. The Morgan fingerprint density at radius 2 is 2.11 bits per heavy atom. The van der Waals surface area contributed by atoms with Crippen molar-refractivity contribution in [2.75, 3.05) is 12.4 Å². The van der Waals surface area contributed by atoms with Gasteiger partial charge in [0.2, 0.25) is 5.91 Å². The molecule has 1 aromatic carbocycles. The third-order valence-electron chi connectivity index (χ3n) is 4.44. The van der Waals surface area contributed by atoms with Crippen molar-refractivity contribution >= 4 is 17.8 Å². The van der Waals surface area contributed by atoms with Crippen LogP contribution in [0.1, 0.15) is 37.3 Å². The lowest BCUT2D eigenvalue weighted by Crippen LogP contribution is -2.15. The molecule has 1 aliphatic carbocycles. The van der Waals surface area contributed by atoms with Gasteiger partial charge in [-0.3, -0.25) is 4.79 Å². The molecule has 2 aromatic rings. The number of para-hydroxylation sites is 1. The minimum absolute atomic E-state index is 0.116. The Morgan fingerprint density at radius 1 is 1.33 bits per heavy atom. The number of aromatic nitrogens is 2. The Kier molecular flexibility index (Phi) is 6.05. The van der Waals surface area contributed by atoms with Gasteiger partial charge in [0, 0.05) is 17.7 Å². The van der Waals surface area contributed by atoms with Crippen molar-refractivity contribution in [3.63, 3.8) is 0 Å². The molecule has 0 bridgehead atoms. The standard InChI is InChI=1S/C19H21F2N3O3/c1-26-15-8-4-5-13(18(15)27-19(20)21)9-10-17(25)23-16-11-12-22-24(16)14-6-2-3-7-14/h4-5,8-12,14,19H,2-3,6-7H2,1H3,(H,23,25). The minimum atomic E-state index is -3.00. The summed E-state index contributed by atoms with van der Waals surface area (Å²) in [6.07, 6.45) is 8.71. The topological polar surface area (TPSA) is 65.4 Å². The maximum absolute atomic E-state index is 12.7. The molecule has 144 valence electrons. The molecule has 0 saturated heterocycles. The second-order valence-corrected chi connectivity index (χ2v) is 6.18. The minimum Gasteiger partial charge on any atom is -0.493 e. The van der Waals surface area contributed by atoms with E-state index < -0.39 is 6.61 Å². The quantitative estimate of drug-likeness (QED) is 0.732. The van der Waals surface area contributed by atoms with Crippen LogP contribution in [0.25, 0.3) is 6.08 Å². The molecule has 1 amide bonds. The van der Waals surface area contributed by atoms with Crippen LogP contribution in [-0.4, -0.2) is 29.4 Å². The number of ether oxygens (including phenoxy) is 2. The molecule has 1 saturated carbocycles. The molecule has 0 aliphatic heterocycles. The Morgan fingerprint density at radius 3 is 2.81 bits per heavy atom. The van der Waals surface area contributed by atoms with Gasteiger partial charge in [-0.05, 0) is 25.0 Å². The lowest BCUT2D eigenvalue weighted by molar-refractivity contribution is -0.111. The van der Waals surface area contributed by atoms with Crippen molar-refractivity contribution in [1.82, 2.24) is 9.78 Å². The number of carbonyl (C=O) groups is 1. The second kappa shape index (κ2) is 8.66. The van der Waals surface area contributed by atoms with Crippen LogP contribution >= 0.6 is 0 Å². The summed E-state index contributed by atoms with van der Waals surface area (Å²) in [5, 5.41) is 7.08. The smallest absolute Gasteiger partial charge is 0.387 e. The first-order chi connectivity index (χ1) is 13.1. The summed E-state index contributed by atoms with van der Waals surface area (Å²) in [5.74, 6) is 0.277. The number of hydrogen-bond acceptors (Lipinski definition) is 4. The molecule has 0 spiro atoms. The van der Waals surface area contributed by atoms with Crippen LogP contribution in [0.15, 0.2) is 36.5 Å². The Hall–Kier alpha value is -2.90. The average Bonchev–Trinajstić information content (AvgIpc) is 3.31. The van der Waals surface area contributed by atoms with Crippen LogP contribution in [0.5, 0.6) is 11.5 Å². The predicted octanol–water partition coefficient (Wildman–Crippen LogP) is 4.26. The van der Waals surface area contributed by atoms with Crippen molar-refractivity contribution in [2.24, 2.45) is 0 Å². The fourth-order valence-corrected chi connectivity index (χ4v) is 3.23. The highest BCUT2D eigenvalue weighted by atomic mass is 19.3. The van der Waals surface area contributed by atoms with Crippen molar-refractivity contribution in [1.29, 1.82) is 0 Å². The Bertz CT molecular complexity index is 814. The van der Waals surface area contributed by atoms with Gasteiger partial charge in [-0.25, -0.2) is 4.68 Å². The van der Waals surface area contributed by atoms with Crippen LogP contribution in [0.4, 0.5) is 14.6 Å². The lowest BCUT2D eigenvalue weighted by atomic mass is 10.1. The van der Waals surface area contributed by atoms with Crippen molar-refractivity contribution < 1.29 is 23.0 Å². The molecule has 0 unspecified atom stereocenters. The summed E-state index contributed by atoms with van der Waals surface area (Å²) in [6.45, 7) is -3.00. The van der Waals surface area contributed by atoms with Crippen LogP contribution in [0.2, 0.25) is 0 Å². The van der Waals surface area contributed by atoms with E-state index in [9.17, 15) is 13.6 Å². The SMILES string of the molecule is COc1cccc(C=CC(=O)Nc2ccnn2C2CCCC2)c1OC(F)F. The van der Waals surface area contributed by atoms with Gasteiger partial charge < -0.3 is 14.8 Å². The van der Waals surface area contributed by atoms with Gasteiger partial charge >= 0.3 is 6.61 Å². The van der Waals surface area contributed by atoms with Gasteiger partial charge in [-0.15, -0.1) is 0 Å². The second-order valence-electron chi connectivity index (χ2n) is 6.18. The zero-order chi connectivity index (χ0) is 19.2. The summed E-state index contributed by atoms with van der Waals surface area (Å²) >= 11 is 0. The monoisotopic (exact) mass is 377 g/mol. The average molecular weight is 377 g/mol. The van der Waals surface area contributed by atoms with E-state index in [1.165, 1.54) is 25.3 Å². The number of carbonyl (C=O) groups excluding carboxylic acids is 1. The van der Waals surface area contributed by atoms with Crippen LogP contribution < -0.4 is 14.8 Å². The van der Waals surface area contributed by atoms with E-state index in [0.29, 0.717) is 17.4 Å². The molecule has 0 atom stereocenters. The fraction of sp³-hybridized carbons (Fsp3) is 0.368. The first-order valence-electron chi connectivity index (χ1n) is 8.73. The van der Waals surface area contributed by atoms with Gasteiger partial charge in [0.15, 0.2) is 11.5 Å². The number of amides is 1. The van der Waals surface area contributed by atoms with E-state index in [0.717, 1.165) is 25.7 Å². The summed E-state index contributed by atoms with van der Waals surface area (Å²) in [5.41, 5.74) is 0.314. The number of methoxy groups -OCH3 is 1. The molecule has 1 fully saturated rings. The molecular weight excluding hydrogens is 356 g/mol. The number of hydrogen-bond donors (Lipinski definition) is 1. The van der Waals surface area contributed by atoms with Crippen LogP contribution in [0, 0.1) is 0 Å². The number of nitrogens with one attached hydrogen (secondary N) is 1. The van der Waals surface area contributed by atoms with Gasteiger partial charge in [-0.2, -0.15) is 13.9 Å². The van der Waals surface area contributed by atoms with E-state index in [4.69, 9.17) is 4.74 Å². The van der Waals surface area contributed by atoms with Gasteiger partial charge in [0.25, 0.3) is 0 Å². The molecule has 8 heteroatoms. The zero-order valence-electron chi connectivity index (χ0n) is 14.9. The number of benzene rings is 1. The molecule has 0 radical (unpaired) electrons. The first-order valence-corrected chi connectivity index (χ1v) is 8.73. The van der Waals surface area contributed by atoms with Crippen molar-refractivity contribution in [3.8, 4) is 11.5 Å². The van der Waals surface area contributed by atoms with E-state index in [2.05, 4.69) is 15.2 Å². The van der Waals surface area contributed by atoms with Gasteiger partial charge in [-0.1, -0.05) is 25.0 Å². The summed E-state index contributed by atoms with van der Waals surface area (Å²) in [6, 6.07) is 6.73. The maximum Gasteiger partial charge on any atom is 0.387 e. The molecular formula is C19H21F2N3O3. The number of rotatable bonds is 7. The summed E-state index contributed by atoms with van der Waals surface area (Å²) in [4.78, 5) is 12.3. The number of halogens is 2. The maximum atomic E-state index is 12.7. The Balaban J connectivity index is 1.73. The Labute approximate surface area is 155 Å². The molecule has 1 heterocycles. The molecule has 6 nitrogen and oxygen atoms in total. The van der Waals surface area contributed by atoms with Gasteiger partial charge in [0.05, 0.1) is 19.3 Å². The van der Waals surface area contributed by atoms with Crippen molar-refractivity contribution in [3.05, 3.63) is 42.1 Å². The first kappa shape index (κ1) is 18.9. The largest absolute Gasteiger partial charge is 0.493 e. The molecule has 1 aromatic heterocycles. The number of nitrogens with zero attached hydrogens (tertiary/aromatic N) is 2. The predicted molar refractivity (Wildman–Crippen MR) is 97.0 cm³/mol. The fourth-order valence-electron chi connectivity index (χ4n) is 3.23. The zero-order valence-corrected chi connectivity index (χ0v) is 14.9. The molecule has 3 rings (SSSR count). The van der Waals surface area contributed by atoms with E-state index >= 15 is 0 Å². The number of anilines is 1. The highest BCUT2D eigenvalue weighted by Gasteiger charge is 2.20. The summed E-state index contributed by atoms with van der Waals surface area (Å²) in [7, 11) is 1.36. The summed E-state index contributed by atoms with van der Waals surface area (Å²) < 4.78 is 36.8. The van der Waals surface area contributed by atoms with Crippen molar-refractivity contribution in [2.45, 2.75) is 38.3 Å². The van der Waals surface area contributed by atoms with Crippen LogP contribution in [0.3, 0.4) is 0 Å². The third-order valence-corrected chi connectivity index (χ3v) is 4.44. The van der Waals surface area contributed by atoms with E-state index in [-0.39, 0.29) is 17.4 Å². The lowest BCUT2D eigenvalue weighted by Gasteiger charge is -2.14. The molecule has 1 aliphatic rings. The molecule has 27 heavy (non-hydrogen) atoms. The van der Waals surface area contributed by atoms with Crippen LogP contribution in [-0.2, 0) is 4.79 Å². The van der Waals surface area contributed by atoms with Gasteiger partial charge in [0.1, 0.15) is 5.82 Å². The van der Waals surface area contributed by atoms with E-state index in [1.54, 1.807) is 24.4 Å².